The monoisotopic (exact) mass is 416 g/mol. The number of ether oxygens (including phenoxy) is 1. The van der Waals surface area contributed by atoms with Crippen LogP contribution in [0, 0.1) is 11.8 Å². The van der Waals surface area contributed by atoms with Gasteiger partial charge in [0.2, 0.25) is 5.91 Å². The summed E-state index contributed by atoms with van der Waals surface area (Å²) < 4.78 is 5.26. The van der Waals surface area contributed by atoms with Crippen molar-refractivity contribution in [1.29, 1.82) is 0 Å². The Morgan fingerprint density at radius 2 is 2.00 bits per heavy atom. The lowest BCUT2D eigenvalue weighted by molar-refractivity contribution is -0.142. The van der Waals surface area contributed by atoms with Gasteiger partial charge in [-0.2, -0.15) is 0 Å². The molecule has 9 nitrogen and oxygen atoms in total. The van der Waals surface area contributed by atoms with Gasteiger partial charge < -0.3 is 15.4 Å². The molecule has 2 rings (SSSR count). The van der Waals surface area contributed by atoms with Crippen LogP contribution in [0.5, 0.6) is 0 Å². The summed E-state index contributed by atoms with van der Waals surface area (Å²) >= 11 is 5.65. The standard InChI is InChI=1S/C18H29ClN4O5/c1-11(2)8-14(21-18(27)28-13-4-3-5-13)17(26)22-23(15(24)9-19)10-12-6-7-20-16(12)25/h11-14H,3-10H2,1-2H3,(H,20,25)(H,21,27)(H,22,26)/t12-,14-/m0/s1. The second-order valence-corrected chi connectivity index (χ2v) is 7.94. The van der Waals surface area contributed by atoms with Gasteiger partial charge >= 0.3 is 6.09 Å². The molecule has 1 aliphatic heterocycles. The zero-order chi connectivity index (χ0) is 20.7. The van der Waals surface area contributed by atoms with Crippen LogP contribution in [0.1, 0.15) is 46.0 Å². The van der Waals surface area contributed by atoms with Gasteiger partial charge in [-0.3, -0.25) is 24.8 Å². The molecule has 28 heavy (non-hydrogen) atoms. The zero-order valence-corrected chi connectivity index (χ0v) is 17.1. The van der Waals surface area contributed by atoms with Crippen molar-refractivity contribution < 1.29 is 23.9 Å². The number of carbonyl (C=O) groups is 4. The van der Waals surface area contributed by atoms with Gasteiger partial charge in [0.05, 0.1) is 12.5 Å². The zero-order valence-electron chi connectivity index (χ0n) is 16.3. The Kier molecular flexibility index (Phi) is 8.35. The van der Waals surface area contributed by atoms with Crippen LogP contribution >= 0.6 is 11.6 Å². The quantitative estimate of drug-likeness (QED) is 0.401. The minimum absolute atomic E-state index is 0.0318. The predicted octanol–water partition coefficient (Wildman–Crippen LogP) is 0.915. The van der Waals surface area contributed by atoms with Crippen LogP contribution in [0.4, 0.5) is 4.79 Å². The Balaban J connectivity index is 1.98. The number of hydrogen-bond acceptors (Lipinski definition) is 5. The van der Waals surface area contributed by atoms with E-state index in [0.29, 0.717) is 19.4 Å². The van der Waals surface area contributed by atoms with Crippen LogP contribution < -0.4 is 16.1 Å². The number of halogens is 1. The topological polar surface area (TPSA) is 117 Å². The van der Waals surface area contributed by atoms with Crippen LogP contribution in [0.25, 0.3) is 0 Å². The number of alkyl halides is 1. The third kappa shape index (κ3) is 6.54. The number of carbonyl (C=O) groups excluding carboxylic acids is 4. The minimum Gasteiger partial charge on any atom is -0.446 e. The summed E-state index contributed by atoms with van der Waals surface area (Å²) in [4.78, 5) is 48.8. The highest BCUT2D eigenvalue weighted by molar-refractivity contribution is 6.27. The molecule has 0 spiro atoms. The molecule has 1 saturated heterocycles. The summed E-state index contributed by atoms with van der Waals surface area (Å²) in [6, 6.07) is -0.865. The molecule has 1 heterocycles. The van der Waals surface area contributed by atoms with E-state index in [1.807, 2.05) is 13.8 Å². The van der Waals surface area contributed by atoms with Crippen LogP contribution in [0.2, 0.25) is 0 Å². The molecular formula is C18H29ClN4O5. The molecule has 0 aromatic heterocycles. The second kappa shape index (κ2) is 10.5. The van der Waals surface area contributed by atoms with Crippen molar-refractivity contribution >= 4 is 35.4 Å². The SMILES string of the molecule is CC(C)C[C@H](NC(=O)OC1CCC1)C(=O)NN(C[C@@H]1CCNC1=O)C(=O)CCl. The third-order valence-electron chi connectivity index (χ3n) is 4.87. The first-order chi connectivity index (χ1) is 13.3. The molecule has 0 unspecified atom stereocenters. The summed E-state index contributed by atoms with van der Waals surface area (Å²) in [7, 11) is 0. The lowest BCUT2D eigenvalue weighted by Crippen LogP contribution is -2.56. The summed E-state index contributed by atoms with van der Waals surface area (Å²) in [5, 5.41) is 6.35. The molecule has 3 N–H and O–H groups in total. The molecule has 2 aliphatic rings. The van der Waals surface area contributed by atoms with Crippen molar-refractivity contribution in [2.75, 3.05) is 19.0 Å². The van der Waals surface area contributed by atoms with E-state index < -0.39 is 29.9 Å². The molecule has 1 saturated carbocycles. The summed E-state index contributed by atoms with van der Waals surface area (Å²) in [5.74, 6) is -1.85. The average molecular weight is 417 g/mol. The van der Waals surface area contributed by atoms with E-state index in [0.717, 1.165) is 24.3 Å². The predicted molar refractivity (Wildman–Crippen MR) is 102 cm³/mol. The van der Waals surface area contributed by atoms with Crippen molar-refractivity contribution in [1.82, 2.24) is 21.1 Å². The Morgan fingerprint density at radius 1 is 1.29 bits per heavy atom. The molecule has 0 radical (unpaired) electrons. The molecule has 0 bridgehead atoms. The van der Waals surface area contributed by atoms with E-state index in [-0.39, 0.29) is 30.4 Å². The van der Waals surface area contributed by atoms with E-state index in [4.69, 9.17) is 16.3 Å². The Labute approximate surface area is 169 Å². The van der Waals surface area contributed by atoms with Gasteiger partial charge in [-0.25, -0.2) is 4.79 Å². The van der Waals surface area contributed by atoms with Gasteiger partial charge in [-0.05, 0) is 38.0 Å². The van der Waals surface area contributed by atoms with Crippen molar-refractivity contribution in [3.05, 3.63) is 0 Å². The number of amides is 4. The summed E-state index contributed by atoms with van der Waals surface area (Å²) in [6.07, 6.45) is 2.89. The fourth-order valence-electron chi connectivity index (χ4n) is 3.05. The fraction of sp³-hybridized carbons (Fsp3) is 0.778. The molecule has 10 heteroatoms. The van der Waals surface area contributed by atoms with Crippen LogP contribution in [-0.4, -0.2) is 59.9 Å². The van der Waals surface area contributed by atoms with Gasteiger partial charge in [-0.15, -0.1) is 11.6 Å². The molecule has 4 amide bonds. The molecule has 0 aromatic rings. The van der Waals surface area contributed by atoms with Crippen molar-refractivity contribution in [2.24, 2.45) is 11.8 Å². The fourth-order valence-corrected chi connectivity index (χ4v) is 3.20. The number of nitrogens with one attached hydrogen (secondary N) is 3. The molecular weight excluding hydrogens is 388 g/mol. The lowest BCUT2D eigenvalue weighted by Gasteiger charge is -2.29. The van der Waals surface area contributed by atoms with Crippen molar-refractivity contribution in [2.45, 2.75) is 58.1 Å². The first-order valence-corrected chi connectivity index (χ1v) is 10.2. The lowest BCUT2D eigenvalue weighted by atomic mass is 9.96. The highest BCUT2D eigenvalue weighted by atomic mass is 35.5. The van der Waals surface area contributed by atoms with Gasteiger partial charge in [0, 0.05) is 6.54 Å². The van der Waals surface area contributed by atoms with Crippen LogP contribution in [0.15, 0.2) is 0 Å². The Morgan fingerprint density at radius 3 is 2.50 bits per heavy atom. The summed E-state index contributed by atoms with van der Waals surface area (Å²) in [6.45, 7) is 4.41. The Bertz CT molecular complexity index is 597. The molecule has 0 aromatic carbocycles. The van der Waals surface area contributed by atoms with E-state index in [9.17, 15) is 19.2 Å². The first kappa shape index (κ1) is 22.3. The number of hydrazine groups is 1. The van der Waals surface area contributed by atoms with Crippen LogP contribution in [-0.2, 0) is 19.1 Å². The summed E-state index contributed by atoms with van der Waals surface area (Å²) in [5.41, 5.74) is 2.52. The highest BCUT2D eigenvalue weighted by Gasteiger charge is 2.31. The van der Waals surface area contributed by atoms with E-state index in [1.54, 1.807) is 0 Å². The van der Waals surface area contributed by atoms with Crippen molar-refractivity contribution in [3.8, 4) is 0 Å². The van der Waals surface area contributed by atoms with E-state index in [2.05, 4.69) is 16.1 Å². The first-order valence-electron chi connectivity index (χ1n) is 9.71. The maximum absolute atomic E-state index is 12.8. The maximum Gasteiger partial charge on any atom is 0.408 e. The number of nitrogens with zero attached hydrogens (tertiary/aromatic N) is 1. The van der Waals surface area contributed by atoms with Gasteiger partial charge in [0.1, 0.15) is 18.0 Å². The largest absolute Gasteiger partial charge is 0.446 e. The van der Waals surface area contributed by atoms with E-state index >= 15 is 0 Å². The van der Waals surface area contributed by atoms with Gasteiger partial charge in [-0.1, -0.05) is 13.8 Å². The Hall–Kier alpha value is -2.03. The van der Waals surface area contributed by atoms with Gasteiger partial charge in [0.15, 0.2) is 0 Å². The smallest absolute Gasteiger partial charge is 0.408 e. The number of hydrogen-bond donors (Lipinski definition) is 3. The molecule has 158 valence electrons. The number of rotatable bonds is 8. The molecule has 2 atom stereocenters. The highest BCUT2D eigenvalue weighted by Crippen LogP contribution is 2.22. The minimum atomic E-state index is -0.865. The third-order valence-corrected chi connectivity index (χ3v) is 5.10. The van der Waals surface area contributed by atoms with Gasteiger partial charge in [0.25, 0.3) is 11.8 Å². The average Bonchev–Trinajstić information content (AvgIpc) is 3.00. The molecule has 1 aliphatic carbocycles. The molecule has 2 fully saturated rings. The van der Waals surface area contributed by atoms with E-state index in [1.165, 1.54) is 0 Å². The second-order valence-electron chi connectivity index (χ2n) is 7.68. The van der Waals surface area contributed by atoms with Crippen molar-refractivity contribution in [3.63, 3.8) is 0 Å². The number of alkyl carbamates (subject to hydrolysis) is 1. The normalized spacial score (nSPS) is 20.1. The maximum atomic E-state index is 12.8. The van der Waals surface area contributed by atoms with Crippen LogP contribution in [0.3, 0.4) is 0 Å².